The van der Waals surface area contributed by atoms with E-state index in [4.69, 9.17) is 0 Å². The van der Waals surface area contributed by atoms with Crippen molar-refractivity contribution in [3.63, 3.8) is 0 Å². The van der Waals surface area contributed by atoms with Crippen LogP contribution in [0.4, 0.5) is 35.1 Å². The monoisotopic (exact) mass is 544 g/mol. The molecule has 2 aliphatic carbocycles. The molecule has 0 heterocycles. The summed E-state index contributed by atoms with van der Waals surface area (Å²) in [5.41, 5.74) is -3.43. The van der Waals surface area contributed by atoms with Gasteiger partial charge in [0.05, 0.1) is 11.1 Å². The molecule has 2 aromatic carbocycles. The molecule has 0 nitrogen and oxygen atoms in total. The predicted octanol–water partition coefficient (Wildman–Crippen LogP) is 10.8. The third-order valence-corrected chi connectivity index (χ3v) is 8.50. The van der Waals surface area contributed by atoms with Gasteiger partial charge in [0.1, 0.15) is 17.5 Å². The molecule has 2 saturated carbocycles. The fraction of sp³-hybridized carbons (Fsp3) is 0.533. The zero-order chi connectivity index (χ0) is 27.6. The first-order valence-electron chi connectivity index (χ1n) is 13.4. The lowest BCUT2D eigenvalue weighted by Crippen LogP contribution is -2.25. The lowest BCUT2D eigenvalue weighted by atomic mass is 9.68. The van der Waals surface area contributed by atoms with Gasteiger partial charge in [-0.2, -0.15) is 13.2 Å². The molecule has 8 heteroatoms. The van der Waals surface area contributed by atoms with Crippen LogP contribution in [0.15, 0.2) is 30.3 Å². The molecule has 0 radical (unpaired) electrons. The molecule has 2 aromatic rings. The van der Waals surface area contributed by atoms with Crippen molar-refractivity contribution in [3.8, 4) is 0 Å². The molecule has 0 unspecified atom stereocenters. The standard InChI is InChI=1S/C30H32F8/c1-2-3-17-4-6-18(7-5-17)19-8-10-20(11-9-19)22-15-25(32)27(26(33)16-22)29(35)28(34)21-12-13-23(24(31)14-21)30(36,37)38/h12-20H,2-11H2,1H3. The highest BCUT2D eigenvalue weighted by molar-refractivity contribution is 5.83. The number of halogens is 8. The lowest BCUT2D eigenvalue weighted by Gasteiger charge is -2.38. The van der Waals surface area contributed by atoms with Crippen LogP contribution in [-0.4, -0.2) is 0 Å². The summed E-state index contributed by atoms with van der Waals surface area (Å²) in [6.45, 7) is 2.22. The highest BCUT2D eigenvalue weighted by Gasteiger charge is 2.35. The van der Waals surface area contributed by atoms with Crippen molar-refractivity contribution < 1.29 is 35.1 Å². The average Bonchev–Trinajstić information content (AvgIpc) is 2.87. The van der Waals surface area contributed by atoms with E-state index in [0.717, 1.165) is 43.7 Å². The zero-order valence-corrected chi connectivity index (χ0v) is 21.3. The Hall–Kier alpha value is -2.38. The molecule has 0 saturated heterocycles. The maximum absolute atomic E-state index is 14.9. The molecule has 208 valence electrons. The Kier molecular flexibility index (Phi) is 8.88. The SMILES string of the molecule is CCCC1CCC(C2CCC(c3cc(F)c(C(F)=C(F)c4ccc(C(F)(F)F)c(F)c4)c(F)c3)CC2)CC1. The van der Waals surface area contributed by atoms with Gasteiger partial charge >= 0.3 is 6.18 Å². The van der Waals surface area contributed by atoms with E-state index in [-0.39, 0.29) is 18.1 Å². The van der Waals surface area contributed by atoms with Gasteiger partial charge in [-0.1, -0.05) is 38.7 Å². The molecule has 2 fully saturated rings. The van der Waals surface area contributed by atoms with Crippen molar-refractivity contribution in [2.45, 2.75) is 83.2 Å². The van der Waals surface area contributed by atoms with Crippen LogP contribution in [0.25, 0.3) is 11.7 Å². The largest absolute Gasteiger partial charge is 0.419 e. The van der Waals surface area contributed by atoms with Gasteiger partial charge in [0, 0.05) is 5.56 Å². The van der Waals surface area contributed by atoms with Crippen molar-refractivity contribution >= 4 is 11.7 Å². The summed E-state index contributed by atoms with van der Waals surface area (Å²) >= 11 is 0. The van der Waals surface area contributed by atoms with E-state index in [1.165, 1.54) is 38.5 Å². The van der Waals surface area contributed by atoms with Crippen LogP contribution in [0.1, 0.15) is 99.3 Å². The van der Waals surface area contributed by atoms with Gasteiger partial charge in [0.15, 0.2) is 11.7 Å². The Balaban J connectivity index is 1.46. The van der Waals surface area contributed by atoms with Gasteiger partial charge in [-0.15, -0.1) is 0 Å². The molecule has 0 spiro atoms. The highest BCUT2D eigenvalue weighted by atomic mass is 19.4. The van der Waals surface area contributed by atoms with Crippen LogP contribution < -0.4 is 0 Å². The minimum atomic E-state index is -5.03. The fourth-order valence-electron chi connectivity index (χ4n) is 6.44. The first-order valence-corrected chi connectivity index (χ1v) is 13.4. The van der Waals surface area contributed by atoms with E-state index in [1.54, 1.807) is 0 Å². The van der Waals surface area contributed by atoms with Gasteiger partial charge in [0.25, 0.3) is 0 Å². The second-order valence-corrected chi connectivity index (χ2v) is 10.9. The quantitative estimate of drug-likeness (QED) is 0.251. The summed E-state index contributed by atoms with van der Waals surface area (Å²) in [5.74, 6) is -6.20. The van der Waals surface area contributed by atoms with Crippen molar-refractivity contribution in [2.75, 3.05) is 0 Å². The highest BCUT2D eigenvalue weighted by Crippen LogP contribution is 2.45. The normalized spacial score (nSPS) is 25.3. The zero-order valence-electron chi connectivity index (χ0n) is 21.3. The summed E-state index contributed by atoms with van der Waals surface area (Å²) in [6, 6.07) is 2.91. The number of hydrogen-bond acceptors (Lipinski definition) is 0. The molecule has 0 N–H and O–H groups in total. The van der Waals surface area contributed by atoms with Crippen LogP contribution in [-0.2, 0) is 6.18 Å². The van der Waals surface area contributed by atoms with Gasteiger partial charge in [0.2, 0.25) is 0 Å². The number of benzene rings is 2. The minimum Gasteiger partial charge on any atom is -0.206 e. The van der Waals surface area contributed by atoms with Crippen LogP contribution in [0.3, 0.4) is 0 Å². The van der Waals surface area contributed by atoms with E-state index in [2.05, 4.69) is 6.92 Å². The Bertz CT molecular complexity index is 1130. The van der Waals surface area contributed by atoms with E-state index in [9.17, 15) is 35.1 Å². The van der Waals surface area contributed by atoms with Crippen molar-refractivity contribution in [1.29, 1.82) is 0 Å². The molecular weight excluding hydrogens is 512 g/mol. The molecule has 0 bridgehead atoms. The molecular formula is C30H32F8. The first kappa shape index (κ1) is 28.6. The Morgan fingerprint density at radius 3 is 1.79 bits per heavy atom. The van der Waals surface area contributed by atoms with Crippen LogP contribution >= 0.6 is 0 Å². The number of rotatable bonds is 6. The minimum absolute atomic E-state index is 0.0957. The van der Waals surface area contributed by atoms with Gasteiger partial charge in [-0.25, -0.2) is 22.0 Å². The Morgan fingerprint density at radius 2 is 1.29 bits per heavy atom. The molecule has 0 amide bonds. The summed E-state index contributed by atoms with van der Waals surface area (Å²) in [7, 11) is 0. The number of alkyl halides is 3. The van der Waals surface area contributed by atoms with Crippen molar-refractivity contribution in [2.24, 2.45) is 17.8 Å². The topological polar surface area (TPSA) is 0 Å². The summed E-state index contributed by atoms with van der Waals surface area (Å²) in [4.78, 5) is 0. The summed E-state index contributed by atoms with van der Waals surface area (Å²) in [6.07, 6.45) is 5.92. The first-order chi connectivity index (χ1) is 18.0. The van der Waals surface area contributed by atoms with E-state index in [0.29, 0.717) is 23.5 Å². The Labute approximate surface area is 218 Å². The van der Waals surface area contributed by atoms with Gasteiger partial charge in [-0.05, 0) is 92.0 Å². The summed E-state index contributed by atoms with van der Waals surface area (Å²) in [5, 5.41) is 0. The molecule has 0 atom stereocenters. The van der Waals surface area contributed by atoms with E-state index >= 15 is 0 Å². The summed E-state index contributed by atoms with van der Waals surface area (Å²) < 4.78 is 111. The maximum Gasteiger partial charge on any atom is 0.419 e. The maximum atomic E-state index is 14.9. The Morgan fingerprint density at radius 1 is 0.737 bits per heavy atom. The molecule has 4 rings (SSSR count). The second kappa shape index (κ2) is 11.8. The molecule has 2 aliphatic rings. The lowest BCUT2D eigenvalue weighted by molar-refractivity contribution is -0.140. The third-order valence-electron chi connectivity index (χ3n) is 8.50. The van der Waals surface area contributed by atoms with Gasteiger partial charge in [-0.3, -0.25) is 0 Å². The molecule has 38 heavy (non-hydrogen) atoms. The van der Waals surface area contributed by atoms with Crippen molar-refractivity contribution in [1.82, 2.24) is 0 Å². The third kappa shape index (κ3) is 6.26. The van der Waals surface area contributed by atoms with E-state index < -0.39 is 52.0 Å². The fourth-order valence-corrected chi connectivity index (χ4v) is 6.44. The van der Waals surface area contributed by atoms with Crippen LogP contribution in [0, 0.1) is 35.2 Å². The van der Waals surface area contributed by atoms with Crippen molar-refractivity contribution in [3.05, 3.63) is 70.0 Å². The average molecular weight is 545 g/mol. The van der Waals surface area contributed by atoms with E-state index in [1.807, 2.05) is 0 Å². The van der Waals surface area contributed by atoms with Crippen LogP contribution in [0.2, 0.25) is 0 Å². The predicted molar refractivity (Wildman–Crippen MR) is 132 cm³/mol. The van der Waals surface area contributed by atoms with Crippen LogP contribution in [0.5, 0.6) is 0 Å². The smallest absolute Gasteiger partial charge is 0.206 e. The number of hydrogen-bond donors (Lipinski definition) is 0. The molecule has 0 aliphatic heterocycles. The van der Waals surface area contributed by atoms with Gasteiger partial charge < -0.3 is 0 Å². The molecule has 0 aromatic heterocycles. The second-order valence-electron chi connectivity index (χ2n) is 10.9.